The fourth-order valence-corrected chi connectivity index (χ4v) is 6.48. The van der Waals surface area contributed by atoms with Gasteiger partial charge in [0.15, 0.2) is 0 Å². The van der Waals surface area contributed by atoms with E-state index in [2.05, 4.69) is 4.90 Å². The molecule has 0 bridgehead atoms. The van der Waals surface area contributed by atoms with Gasteiger partial charge in [-0.3, -0.25) is 9.36 Å². The number of carbonyl (C=O) groups is 1. The van der Waals surface area contributed by atoms with E-state index in [-0.39, 0.29) is 0 Å². The van der Waals surface area contributed by atoms with Crippen molar-refractivity contribution >= 4 is 27.0 Å². The number of hydrogen-bond donors (Lipinski definition) is 1. The molecule has 1 aromatic carbocycles. The van der Waals surface area contributed by atoms with Crippen LogP contribution in [0.5, 0.6) is 0 Å². The number of para-hydroxylation sites is 2. The summed E-state index contributed by atoms with van der Waals surface area (Å²) in [6.45, 7) is 1.98. The van der Waals surface area contributed by atoms with E-state index in [1.807, 2.05) is 0 Å². The number of aromatic nitrogens is 2. The highest BCUT2D eigenvalue weighted by Gasteiger charge is 2.38. The molecule has 1 aliphatic carbocycles. The van der Waals surface area contributed by atoms with Crippen LogP contribution in [0.4, 0.5) is 0 Å². The third-order valence-electron chi connectivity index (χ3n) is 7.12. The van der Waals surface area contributed by atoms with Gasteiger partial charge in [0.1, 0.15) is 0 Å². The molecule has 1 N–H and O–H groups in total. The van der Waals surface area contributed by atoms with Crippen LogP contribution >= 0.6 is 0 Å². The lowest BCUT2D eigenvalue weighted by Gasteiger charge is -2.38. The number of imidazole rings is 1. The fraction of sp³-hybridized carbons (Fsp3) is 0.652. The van der Waals surface area contributed by atoms with Crippen molar-refractivity contribution in [3.63, 3.8) is 0 Å². The van der Waals surface area contributed by atoms with Gasteiger partial charge >= 0.3 is 11.7 Å². The van der Waals surface area contributed by atoms with Crippen molar-refractivity contribution in [3.05, 3.63) is 34.7 Å². The van der Waals surface area contributed by atoms with Gasteiger partial charge in [0.25, 0.3) is 0 Å². The molecule has 2 fully saturated rings. The second-order valence-electron chi connectivity index (χ2n) is 9.44. The molecular weight excluding hydrogens is 430 g/mol. The molecule has 1 aromatic heterocycles. The Morgan fingerprint density at radius 3 is 2.28 bits per heavy atom. The van der Waals surface area contributed by atoms with Crippen molar-refractivity contribution in [1.82, 2.24) is 13.4 Å². The minimum Gasteiger partial charge on any atom is -0.481 e. The number of benzene rings is 1. The largest absolute Gasteiger partial charge is 0.481 e. The molecular formula is C23H33N3O5S. The number of carboxylic acid groups (broad SMARTS) is 1. The van der Waals surface area contributed by atoms with Crippen molar-refractivity contribution in [2.24, 2.45) is 11.8 Å². The summed E-state index contributed by atoms with van der Waals surface area (Å²) in [5, 5.41) is 10.0. The van der Waals surface area contributed by atoms with E-state index in [9.17, 15) is 23.1 Å². The first-order valence-corrected chi connectivity index (χ1v) is 13.5. The predicted molar refractivity (Wildman–Crippen MR) is 123 cm³/mol. The molecule has 2 atom stereocenters. The second-order valence-corrected chi connectivity index (χ2v) is 11.3. The van der Waals surface area contributed by atoms with Crippen LogP contribution in [0.15, 0.2) is 29.1 Å². The highest BCUT2D eigenvalue weighted by Crippen LogP contribution is 2.32. The van der Waals surface area contributed by atoms with Crippen molar-refractivity contribution in [1.29, 1.82) is 0 Å². The van der Waals surface area contributed by atoms with Gasteiger partial charge < -0.3 is 10.0 Å². The topological polar surface area (TPSA) is 102 Å². The summed E-state index contributed by atoms with van der Waals surface area (Å²) in [6.07, 6.45) is 10.2. The number of carboxylic acids is 1. The minimum absolute atomic E-state index is 0.293. The monoisotopic (exact) mass is 463 g/mol. The zero-order valence-corrected chi connectivity index (χ0v) is 19.5. The van der Waals surface area contributed by atoms with Gasteiger partial charge in [-0.1, -0.05) is 44.2 Å². The van der Waals surface area contributed by atoms with Gasteiger partial charge in [-0.2, -0.15) is 3.97 Å². The maximum absolute atomic E-state index is 13.2. The SMILES string of the molecule is CS(=O)(=O)n1c(=O)n(C2CCN(CC3CCCCCCC3)CC2C(=O)O)c2ccccc21. The summed E-state index contributed by atoms with van der Waals surface area (Å²) in [6, 6.07) is 6.12. The summed E-state index contributed by atoms with van der Waals surface area (Å²) >= 11 is 0. The molecule has 0 radical (unpaired) electrons. The fourth-order valence-electron chi connectivity index (χ4n) is 5.60. The number of nitrogens with zero attached hydrogens (tertiary/aromatic N) is 3. The highest BCUT2D eigenvalue weighted by atomic mass is 32.2. The number of hydrogen-bond acceptors (Lipinski definition) is 5. The maximum Gasteiger partial charge on any atom is 0.343 e. The van der Waals surface area contributed by atoms with Crippen molar-refractivity contribution in [2.45, 2.75) is 57.4 Å². The normalized spacial score (nSPS) is 24.3. The smallest absolute Gasteiger partial charge is 0.343 e. The molecule has 1 saturated heterocycles. The highest BCUT2D eigenvalue weighted by molar-refractivity contribution is 7.89. The first-order chi connectivity index (χ1) is 15.3. The van der Waals surface area contributed by atoms with E-state index >= 15 is 0 Å². The van der Waals surface area contributed by atoms with Crippen LogP contribution in [0.25, 0.3) is 11.0 Å². The van der Waals surface area contributed by atoms with Gasteiger partial charge in [-0.05, 0) is 37.3 Å². The molecule has 2 aromatic rings. The average Bonchev–Trinajstić information content (AvgIpc) is 3.01. The number of likely N-dealkylation sites (tertiary alicyclic amines) is 1. The molecule has 32 heavy (non-hydrogen) atoms. The van der Waals surface area contributed by atoms with Gasteiger partial charge in [0.05, 0.1) is 29.2 Å². The molecule has 9 heteroatoms. The molecule has 2 aliphatic rings. The Morgan fingerprint density at radius 2 is 1.66 bits per heavy atom. The lowest BCUT2D eigenvalue weighted by atomic mass is 9.88. The Kier molecular flexibility index (Phi) is 6.76. The van der Waals surface area contributed by atoms with Crippen LogP contribution < -0.4 is 5.69 Å². The van der Waals surface area contributed by atoms with Crippen LogP contribution in [0.2, 0.25) is 0 Å². The van der Waals surface area contributed by atoms with Crippen LogP contribution in [-0.4, -0.2) is 58.8 Å². The number of fused-ring (bicyclic) bond motifs is 1. The molecule has 0 spiro atoms. The molecule has 2 unspecified atom stereocenters. The van der Waals surface area contributed by atoms with Crippen molar-refractivity contribution in [3.8, 4) is 0 Å². The standard InChI is InChI=1S/C23H33N3O5S/c1-32(30,31)26-21-12-8-7-11-20(21)25(23(26)29)19-13-14-24(16-18(19)22(27)28)15-17-9-5-3-2-4-6-10-17/h7-8,11-12,17-19H,2-6,9-10,13-16H2,1H3,(H,27,28). The summed E-state index contributed by atoms with van der Waals surface area (Å²) in [5.74, 6) is -1.12. The van der Waals surface area contributed by atoms with Crippen molar-refractivity contribution in [2.75, 3.05) is 25.9 Å². The van der Waals surface area contributed by atoms with Gasteiger partial charge in [0.2, 0.25) is 10.0 Å². The number of aliphatic carboxylic acids is 1. The zero-order chi connectivity index (χ0) is 22.9. The molecule has 176 valence electrons. The third-order valence-corrected chi connectivity index (χ3v) is 8.14. The van der Waals surface area contributed by atoms with Crippen molar-refractivity contribution < 1.29 is 18.3 Å². The van der Waals surface area contributed by atoms with Crippen LogP contribution in [0.3, 0.4) is 0 Å². The molecule has 8 nitrogen and oxygen atoms in total. The Hall–Kier alpha value is -2.13. The molecule has 1 saturated carbocycles. The van der Waals surface area contributed by atoms with Gasteiger partial charge in [-0.15, -0.1) is 0 Å². The van der Waals surface area contributed by atoms with Gasteiger partial charge in [0, 0.05) is 19.6 Å². The Bertz CT molecular complexity index is 1130. The van der Waals surface area contributed by atoms with E-state index in [0.29, 0.717) is 36.5 Å². The van der Waals surface area contributed by atoms with Crippen LogP contribution in [0.1, 0.15) is 57.4 Å². The molecule has 4 rings (SSSR count). The maximum atomic E-state index is 13.2. The number of rotatable bonds is 5. The Labute approximate surface area is 188 Å². The van der Waals surface area contributed by atoms with Crippen LogP contribution in [0, 0.1) is 11.8 Å². The predicted octanol–water partition coefficient (Wildman–Crippen LogP) is 2.92. The molecule has 2 heterocycles. The molecule has 1 aliphatic heterocycles. The van der Waals surface area contributed by atoms with E-state index in [1.165, 1.54) is 49.5 Å². The van der Waals surface area contributed by atoms with E-state index in [1.54, 1.807) is 24.3 Å². The van der Waals surface area contributed by atoms with Crippen LogP contribution in [-0.2, 0) is 14.8 Å². The Morgan fingerprint density at radius 1 is 1.03 bits per heavy atom. The summed E-state index contributed by atoms with van der Waals surface area (Å²) in [4.78, 5) is 27.7. The Balaban J connectivity index is 1.63. The number of piperidine rings is 1. The first-order valence-electron chi connectivity index (χ1n) is 11.6. The van der Waals surface area contributed by atoms with E-state index in [4.69, 9.17) is 0 Å². The van der Waals surface area contributed by atoms with Gasteiger partial charge in [-0.25, -0.2) is 13.2 Å². The zero-order valence-electron chi connectivity index (χ0n) is 18.6. The van der Waals surface area contributed by atoms with E-state index < -0.39 is 33.6 Å². The van der Waals surface area contributed by atoms with E-state index in [0.717, 1.165) is 16.8 Å². The first kappa shape index (κ1) is 23.0. The third kappa shape index (κ3) is 4.64. The quantitative estimate of drug-likeness (QED) is 0.732. The summed E-state index contributed by atoms with van der Waals surface area (Å²) < 4.78 is 26.9. The summed E-state index contributed by atoms with van der Waals surface area (Å²) in [5.41, 5.74) is 0.0761. The molecule has 0 amide bonds. The lowest BCUT2D eigenvalue weighted by Crippen LogP contribution is -2.48. The lowest BCUT2D eigenvalue weighted by molar-refractivity contribution is -0.145. The summed E-state index contributed by atoms with van der Waals surface area (Å²) in [7, 11) is -3.83. The second kappa shape index (κ2) is 9.39. The minimum atomic E-state index is -3.83. The average molecular weight is 464 g/mol.